The largest absolute Gasteiger partial charge is 0.380 e. The Morgan fingerprint density at radius 1 is 1.14 bits per heavy atom. The fourth-order valence-electron chi connectivity index (χ4n) is 5.03. The van der Waals surface area contributed by atoms with E-state index in [1.807, 2.05) is 33.0 Å². The molecule has 0 saturated carbocycles. The number of rotatable bonds is 3. The quantitative estimate of drug-likeness (QED) is 0.775. The van der Waals surface area contributed by atoms with Crippen LogP contribution in [0.25, 0.3) is 0 Å². The monoisotopic (exact) mass is 413 g/mol. The summed E-state index contributed by atoms with van der Waals surface area (Å²) in [6.45, 7) is 6.27. The first-order chi connectivity index (χ1) is 14.2. The highest BCUT2D eigenvalue weighted by atomic mass is 32.1. The van der Waals surface area contributed by atoms with Crippen molar-refractivity contribution in [3.63, 3.8) is 0 Å². The van der Waals surface area contributed by atoms with Crippen molar-refractivity contribution in [1.82, 2.24) is 14.4 Å². The third-order valence-corrected chi connectivity index (χ3v) is 7.27. The predicted octanol–water partition coefficient (Wildman–Crippen LogP) is 2.39. The predicted molar refractivity (Wildman–Crippen MR) is 112 cm³/mol. The van der Waals surface area contributed by atoms with Crippen LogP contribution in [0.1, 0.15) is 39.7 Å². The van der Waals surface area contributed by atoms with E-state index in [1.54, 1.807) is 0 Å². The minimum atomic E-state index is 0.130. The average Bonchev–Trinajstić information content (AvgIpc) is 3.15. The molecular weight excluding hydrogens is 386 g/mol. The van der Waals surface area contributed by atoms with Crippen LogP contribution in [0.3, 0.4) is 0 Å². The van der Waals surface area contributed by atoms with Crippen LogP contribution in [0.15, 0.2) is 34.4 Å². The van der Waals surface area contributed by atoms with E-state index in [1.165, 1.54) is 11.3 Å². The lowest BCUT2D eigenvalue weighted by atomic mass is 9.83. The van der Waals surface area contributed by atoms with E-state index in [2.05, 4.69) is 11.0 Å². The lowest BCUT2D eigenvalue weighted by Crippen LogP contribution is -2.49. The number of nitrogens with zero attached hydrogens (tertiary/aromatic N) is 3. The molecule has 2 bridgehead atoms. The van der Waals surface area contributed by atoms with Gasteiger partial charge in [0.2, 0.25) is 0 Å². The SMILES string of the molecule is O=C(c1cccs1)N1C[C@@H]2C[C@H](C1)c1ccc(CN3CCCOCC3)c(=O)n1C2. The molecule has 0 unspecified atom stereocenters. The summed E-state index contributed by atoms with van der Waals surface area (Å²) in [5, 5.41) is 1.95. The second-order valence-corrected chi connectivity index (χ2v) is 9.38. The van der Waals surface area contributed by atoms with E-state index in [4.69, 9.17) is 4.74 Å². The summed E-state index contributed by atoms with van der Waals surface area (Å²) in [5.41, 5.74) is 2.13. The summed E-state index contributed by atoms with van der Waals surface area (Å²) in [6.07, 6.45) is 2.08. The summed E-state index contributed by atoms with van der Waals surface area (Å²) in [7, 11) is 0. The van der Waals surface area contributed by atoms with Crippen LogP contribution >= 0.6 is 11.3 Å². The molecule has 0 radical (unpaired) electrons. The maximum Gasteiger partial charge on any atom is 0.263 e. The molecule has 0 N–H and O–H groups in total. The minimum Gasteiger partial charge on any atom is -0.380 e. The first-order valence-corrected chi connectivity index (χ1v) is 11.4. The first-order valence-electron chi connectivity index (χ1n) is 10.5. The number of fused-ring (bicyclic) bond motifs is 4. The lowest BCUT2D eigenvalue weighted by Gasteiger charge is -2.42. The highest BCUT2D eigenvalue weighted by Gasteiger charge is 2.37. The second-order valence-electron chi connectivity index (χ2n) is 8.43. The molecule has 2 fully saturated rings. The average molecular weight is 414 g/mol. The van der Waals surface area contributed by atoms with Crippen molar-refractivity contribution in [1.29, 1.82) is 0 Å². The topological polar surface area (TPSA) is 54.8 Å². The van der Waals surface area contributed by atoms with Gasteiger partial charge in [-0.25, -0.2) is 0 Å². The molecule has 2 atom stereocenters. The fourth-order valence-corrected chi connectivity index (χ4v) is 5.72. The number of carbonyl (C=O) groups is 1. The van der Waals surface area contributed by atoms with Gasteiger partial charge in [0.1, 0.15) is 0 Å². The standard InChI is InChI=1S/C22H27N3O3S/c26-21-17(14-23-6-2-8-28-9-7-23)4-5-19-18-11-16(13-25(19)21)12-24(15-18)22(27)20-3-1-10-29-20/h1,3-5,10,16,18H,2,6-9,11-15H2/t16-,18+/m0/s1. The number of ether oxygens (including phenoxy) is 1. The molecule has 6 nitrogen and oxygen atoms in total. The van der Waals surface area contributed by atoms with Gasteiger partial charge in [-0.2, -0.15) is 0 Å². The Balaban J connectivity index is 1.36. The van der Waals surface area contributed by atoms with Gasteiger partial charge in [-0.1, -0.05) is 12.1 Å². The van der Waals surface area contributed by atoms with Gasteiger partial charge < -0.3 is 14.2 Å². The number of carbonyl (C=O) groups excluding carboxylic acids is 1. The van der Waals surface area contributed by atoms with Gasteiger partial charge in [0.15, 0.2) is 0 Å². The van der Waals surface area contributed by atoms with Crippen LogP contribution in [-0.2, 0) is 17.8 Å². The molecule has 154 valence electrons. The number of hydrogen-bond donors (Lipinski definition) is 0. The second kappa shape index (κ2) is 8.05. The van der Waals surface area contributed by atoms with Crippen molar-refractivity contribution in [3.05, 3.63) is 56.1 Å². The number of aromatic nitrogens is 1. The third kappa shape index (κ3) is 3.79. The highest BCUT2D eigenvalue weighted by molar-refractivity contribution is 7.12. The van der Waals surface area contributed by atoms with E-state index >= 15 is 0 Å². The highest BCUT2D eigenvalue weighted by Crippen LogP contribution is 2.36. The van der Waals surface area contributed by atoms with Crippen LogP contribution in [-0.4, -0.2) is 59.7 Å². The summed E-state index contributed by atoms with van der Waals surface area (Å²) < 4.78 is 7.53. The van der Waals surface area contributed by atoms with Gasteiger partial charge in [-0.3, -0.25) is 14.5 Å². The van der Waals surface area contributed by atoms with E-state index < -0.39 is 0 Å². The maximum absolute atomic E-state index is 13.2. The number of thiophene rings is 1. The molecular formula is C22H27N3O3S. The molecule has 0 aliphatic carbocycles. The Morgan fingerprint density at radius 3 is 2.93 bits per heavy atom. The number of hydrogen-bond acceptors (Lipinski definition) is 5. The molecule has 2 aromatic heterocycles. The Kier molecular flexibility index (Phi) is 5.28. The van der Waals surface area contributed by atoms with E-state index in [9.17, 15) is 9.59 Å². The lowest BCUT2D eigenvalue weighted by molar-refractivity contribution is 0.0599. The van der Waals surface area contributed by atoms with Crippen LogP contribution in [0.2, 0.25) is 0 Å². The zero-order chi connectivity index (χ0) is 19.8. The van der Waals surface area contributed by atoms with E-state index in [-0.39, 0.29) is 17.4 Å². The van der Waals surface area contributed by atoms with Crippen molar-refractivity contribution in [3.8, 4) is 0 Å². The van der Waals surface area contributed by atoms with Gasteiger partial charge in [0, 0.05) is 63.1 Å². The fraction of sp³-hybridized carbons (Fsp3) is 0.545. The van der Waals surface area contributed by atoms with Gasteiger partial charge in [0.25, 0.3) is 11.5 Å². The summed E-state index contributed by atoms with van der Waals surface area (Å²) in [6, 6.07) is 7.97. The van der Waals surface area contributed by atoms with Crippen LogP contribution in [0.5, 0.6) is 0 Å². The molecule has 29 heavy (non-hydrogen) atoms. The molecule has 3 aliphatic rings. The zero-order valence-corrected chi connectivity index (χ0v) is 17.4. The van der Waals surface area contributed by atoms with E-state index in [0.717, 1.165) is 68.4 Å². The smallest absolute Gasteiger partial charge is 0.263 e. The summed E-state index contributed by atoms with van der Waals surface area (Å²) >= 11 is 1.50. The molecule has 3 aliphatic heterocycles. The van der Waals surface area contributed by atoms with Gasteiger partial charge in [-0.05, 0) is 36.3 Å². The van der Waals surface area contributed by atoms with Crippen LogP contribution in [0, 0.1) is 5.92 Å². The van der Waals surface area contributed by atoms with Crippen LogP contribution in [0.4, 0.5) is 0 Å². The molecule has 0 aromatic carbocycles. The Bertz CT molecular complexity index is 931. The maximum atomic E-state index is 13.2. The first kappa shape index (κ1) is 19.0. The minimum absolute atomic E-state index is 0.130. The molecule has 2 aromatic rings. The van der Waals surface area contributed by atoms with Crippen molar-refractivity contribution in [2.75, 3.05) is 39.4 Å². The number of likely N-dealkylation sites (tertiary alicyclic amines) is 1. The van der Waals surface area contributed by atoms with Gasteiger partial charge >= 0.3 is 0 Å². The van der Waals surface area contributed by atoms with Crippen molar-refractivity contribution in [2.45, 2.75) is 31.8 Å². The summed E-state index contributed by atoms with van der Waals surface area (Å²) in [4.78, 5) is 31.2. The van der Waals surface area contributed by atoms with Crippen molar-refractivity contribution in [2.24, 2.45) is 5.92 Å². The van der Waals surface area contributed by atoms with Gasteiger partial charge in [0.05, 0.1) is 11.5 Å². The normalized spacial score (nSPS) is 24.8. The molecule has 0 spiro atoms. The van der Waals surface area contributed by atoms with E-state index in [0.29, 0.717) is 19.0 Å². The Hall–Kier alpha value is -1.96. The van der Waals surface area contributed by atoms with Crippen LogP contribution < -0.4 is 5.56 Å². The zero-order valence-electron chi connectivity index (χ0n) is 16.6. The number of piperidine rings is 1. The molecule has 2 saturated heterocycles. The van der Waals surface area contributed by atoms with Gasteiger partial charge in [-0.15, -0.1) is 11.3 Å². The Labute approximate surface area is 174 Å². The Morgan fingerprint density at radius 2 is 2.07 bits per heavy atom. The van der Waals surface area contributed by atoms with Crippen molar-refractivity contribution >= 4 is 17.2 Å². The molecule has 7 heteroatoms. The summed E-state index contributed by atoms with van der Waals surface area (Å²) in [5.74, 6) is 0.731. The molecule has 1 amide bonds. The number of amides is 1. The molecule has 5 rings (SSSR count). The van der Waals surface area contributed by atoms with Crippen molar-refractivity contribution < 1.29 is 9.53 Å². The number of pyridine rings is 1. The molecule has 5 heterocycles. The third-order valence-electron chi connectivity index (χ3n) is 6.41.